The summed E-state index contributed by atoms with van der Waals surface area (Å²) in [6, 6.07) is 5.50. The van der Waals surface area contributed by atoms with Gasteiger partial charge in [0.1, 0.15) is 0 Å². The molecular formula is C15H22ClN3O2. The summed E-state index contributed by atoms with van der Waals surface area (Å²) in [7, 11) is 0. The number of amides is 2. The number of carbonyl (C=O) groups is 1. The highest BCUT2D eigenvalue weighted by atomic mass is 35.5. The summed E-state index contributed by atoms with van der Waals surface area (Å²) < 4.78 is 5.33. The van der Waals surface area contributed by atoms with Gasteiger partial charge >= 0.3 is 6.03 Å². The molecule has 0 radical (unpaired) electrons. The smallest absolute Gasteiger partial charge is 0.319 e. The second-order valence-corrected chi connectivity index (χ2v) is 5.86. The van der Waals surface area contributed by atoms with Crippen molar-refractivity contribution < 1.29 is 9.53 Å². The number of anilines is 1. The summed E-state index contributed by atoms with van der Waals surface area (Å²) in [4.78, 5) is 14.0. The van der Waals surface area contributed by atoms with Crippen LogP contribution >= 0.6 is 11.6 Å². The zero-order chi connectivity index (χ0) is 15.2. The van der Waals surface area contributed by atoms with E-state index in [9.17, 15) is 4.79 Å². The first-order valence-corrected chi connectivity index (χ1v) is 7.58. The lowest BCUT2D eigenvalue weighted by atomic mass is 10.2. The maximum Gasteiger partial charge on any atom is 0.319 e. The maximum atomic E-state index is 11.6. The number of rotatable bonds is 4. The largest absolute Gasteiger partial charge is 0.379 e. The first-order valence-electron chi connectivity index (χ1n) is 7.20. The topological polar surface area (TPSA) is 53.6 Å². The van der Waals surface area contributed by atoms with Crippen LogP contribution in [0.2, 0.25) is 5.02 Å². The molecule has 0 atom stereocenters. The van der Waals surface area contributed by atoms with E-state index in [1.165, 1.54) is 0 Å². The van der Waals surface area contributed by atoms with Crippen molar-refractivity contribution in [3.8, 4) is 0 Å². The second kappa shape index (κ2) is 7.64. The van der Waals surface area contributed by atoms with E-state index in [1.54, 1.807) is 6.07 Å². The average Bonchev–Trinajstić information content (AvgIpc) is 2.42. The number of morpholine rings is 1. The van der Waals surface area contributed by atoms with Gasteiger partial charge in [-0.3, -0.25) is 4.90 Å². The van der Waals surface area contributed by atoms with E-state index >= 15 is 0 Å². The van der Waals surface area contributed by atoms with Crippen LogP contribution < -0.4 is 10.6 Å². The van der Waals surface area contributed by atoms with E-state index in [0.717, 1.165) is 38.4 Å². The Morgan fingerprint density at radius 3 is 2.71 bits per heavy atom. The molecule has 1 aliphatic rings. The molecule has 1 heterocycles. The molecule has 1 saturated heterocycles. The third-order valence-electron chi connectivity index (χ3n) is 3.23. The summed E-state index contributed by atoms with van der Waals surface area (Å²) in [5, 5.41) is 6.22. The molecular weight excluding hydrogens is 290 g/mol. The Balaban J connectivity index is 1.95. The number of nitrogens with zero attached hydrogens (tertiary/aromatic N) is 1. The van der Waals surface area contributed by atoms with Crippen molar-refractivity contribution in [1.29, 1.82) is 0 Å². The van der Waals surface area contributed by atoms with Crippen molar-refractivity contribution in [3.63, 3.8) is 0 Å². The van der Waals surface area contributed by atoms with E-state index < -0.39 is 0 Å². The van der Waals surface area contributed by atoms with Crippen LogP contribution in [-0.2, 0) is 11.3 Å². The molecule has 1 aromatic carbocycles. The Kier molecular flexibility index (Phi) is 5.85. The number of urea groups is 1. The van der Waals surface area contributed by atoms with E-state index in [1.807, 2.05) is 26.0 Å². The van der Waals surface area contributed by atoms with Crippen molar-refractivity contribution >= 4 is 23.3 Å². The first-order chi connectivity index (χ1) is 10.0. The van der Waals surface area contributed by atoms with Crippen LogP contribution in [-0.4, -0.2) is 43.3 Å². The number of benzene rings is 1. The van der Waals surface area contributed by atoms with E-state index in [4.69, 9.17) is 16.3 Å². The van der Waals surface area contributed by atoms with Gasteiger partial charge in [0.05, 0.1) is 13.2 Å². The van der Waals surface area contributed by atoms with Crippen LogP contribution in [0.3, 0.4) is 0 Å². The van der Waals surface area contributed by atoms with Crippen LogP contribution in [0.1, 0.15) is 19.4 Å². The van der Waals surface area contributed by atoms with Gasteiger partial charge in [-0.1, -0.05) is 17.7 Å². The highest BCUT2D eigenvalue weighted by Gasteiger charge is 2.13. The van der Waals surface area contributed by atoms with E-state index in [0.29, 0.717) is 10.7 Å². The van der Waals surface area contributed by atoms with Gasteiger partial charge in [0.2, 0.25) is 0 Å². The molecule has 0 spiro atoms. The van der Waals surface area contributed by atoms with Gasteiger partial charge in [-0.05, 0) is 31.5 Å². The monoisotopic (exact) mass is 311 g/mol. The fourth-order valence-electron chi connectivity index (χ4n) is 2.18. The van der Waals surface area contributed by atoms with E-state index in [-0.39, 0.29) is 12.1 Å². The molecule has 2 amide bonds. The summed E-state index contributed by atoms with van der Waals surface area (Å²) in [6.45, 7) is 8.02. The Hall–Kier alpha value is -1.30. The highest BCUT2D eigenvalue weighted by molar-refractivity contribution is 6.31. The molecule has 1 aromatic rings. The fourth-order valence-corrected chi connectivity index (χ4v) is 2.42. The third kappa shape index (κ3) is 5.19. The van der Waals surface area contributed by atoms with Gasteiger partial charge in [-0.2, -0.15) is 0 Å². The number of hydrogen-bond acceptors (Lipinski definition) is 3. The Morgan fingerprint density at radius 1 is 1.38 bits per heavy atom. The summed E-state index contributed by atoms with van der Waals surface area (Å²) >= 11 is 6.31. The Bertz CT molecular complexity index is 488. The molecule has 5 nitrogen and oxygen atoms in total. The van der Waals surface area contributed by atoms with Crippen molar-refractivity contribution in [1.82, 2.24) is 10.2 Å². The molecule has 116 valence electrons. The number of nitrogens with one attached hydrogen (secondary N) is 2. The quantitative estimate of drug-likeness (QED) is 0.899. The normalized spacial score (nSPS) is 16.0. The molecule has 2 rings (SSSR count). The first kappa shape index (κ1) is 16.1. The number of ether oxygens (including phenoxy) is 1. The fraction of sp³-hybridized carbons (Fsp3) is 0.533. The lowest BCUT2D eigenvalue weighted by molar-refractivity contribution is 0.0342. The van der Waals surface area contributed by atoms with Gasteiger partial charge < -0.3 is 15.4 Å². The van der Waals surface area contributed by atoms with Gasteiger partial charge in [-0.25, -0.2) is 4.79 Å². The molecule has 1 aliphatic heterocycles. The highest BCUT2D eigenvalue weighted by Crippen LogP contribution is 2.22. The molecule has 2 N–H and O–H groups in total. The molecule has 0 aromatic heterocycles. The maximum absolute atomic E-state index is 11.6. The average molecular weight is 312 g/mol. The van der Waals surface area contributed by atoms with Crippen LogP contribution in [0.5, 0.6) is 0 Å². The van der Waals surface area contributed by atoms with Gasteiger partial charge in [0.25, 0.3) is 0 Å². The number of halogens is 1. The van der Waals surface area contributed by atoms with Crippen molar-refractivity contribution in [3.05, 3.63) is 28.8 Å². The zero-order valence-electron chi connectivity index (χ0n) is 12.5. The van der Waals surface area contributed by atoms with Crippen molar-refractivity contribution in [2.45, 2.75) is 26.4 Å². The van der Waals surface area contributed by atoms with Gasteiger partial charge in [-0.15, -0.1) is 0 Å². The predicted octanol–water partition coefficient (Wildman–Crippen LogP) is 2.70. The van der Waals surface area contributed by atoms with Crippen LogP contribution in [0.25, 0.3) is 0 Å². The summed E-state index contributed by atoms with van der Waals surface area (Å²) in [5.74, 6) is 0. The standard InChI is InChI=1S/C15H22ClN3O2/c1-11(2)17-15(20)18-13-4-3-12(14(16)9-13)10-19-5-7-21-8-6-19/h3-4,9,11H,5-8,10H2,1-2H3,(H2,17,18,20). The van der Waals surface area contributed by atoms with Crippen LogP contribution in [0.4, 0.5) is 10.5 Å². The minimum absolute atomic E-state index is 0.0982. The minimum atomic E-state index is -0.220. The molecule has 0 aliphatic carbocycles. The lowest BCUT2D eigenvalue weighted by Gasteiger charge is -2.27. The second-order valence-electron chi connectivity index (χ2n) is 5.45. The Labute approximate surface area is 130 Å². The number of hydrogen-bond donors (Lipinski definition) is 2. The predicted molar refractivity (Wildman–Crippen MR) is 84.8 cm³/mol. The lowest BCUT2D eigenvalue weighted by Crippen LogP contribution is -2.35. The van der Waals surface area contributed by atoms with Gasteiger partial charge in [0.15, 0.2) is 0 Å². The molecule has 0 saturated carbocycles. The van der Waals surface area contributed by atoms with Crippen LogP contribution in [0.15, 0.2) is 18.2 Å². The van der Waals surface area contributed by atoms with Crippen molar-refractivity contribution in [2.75, 3.05) is 31.6 Å². The summed E-state index contributed by atoms with van der Waals surface area (Å²) in [5.41, 5.74) is 1.76. The Morgan fingerprint density at radius 2 is 2.10 bits per heavy atom. The summed E-state index contributed by atoms with van der Waals surface area (Å²) in [6.07, 6.45) is 0. The minimum Gasteiger partial charge on any atom is -0.379 e. The molecule has 0 bridgehead atoms. The van der Waals surface area contributed by atoms with Gasteiger partial charge in [0, 0.05) is 36.4 Å². The van der Waals surface area contributed by atoms with Crippen LogP contribution in [0, 0.1) is 0 Å². The molecule has 6 heteroatoms. The molecule has 1 fully saturated rings. The third-order valence-corrected chi connectivity index (χ3v) is 3.58. The zero-order valence-corrected chi connectivity index (χ0v) is 13.2. The SMILES string of the molecule is CC(C)NC(=O)Nc1ccc(CN2CCOCC2)c(Cl)c1. The molecule has 21 heavy (non-hydrogen) atoms. The molecule has 0 unspecified atom stereocenters. The number of carbonyl (C=O) groups excluding carboxylic acids is 1. The van der Waals surface area contributed by atoms with E-state index in [2.05, 4.69) is 15.5 Å². The van der Waals surface area contributed by atoms with Crippen molar-refractivity contribution in [2.24, 2.45) is 0 Å².